The van der Waals surface area contributed by atoms with E-state index in [0.29, 0.717) is 13.0 Å². The van der Waals surface area contributed by atoms with Gasteiger partial charge in [0.05, 0.1) is 19.8 Å². The number of rotatable bonds is 48. The van der Waals surface area contributed by atoms with Crippen LogP contribution in [-0.4, -0.2) is 89.6 Å². The Labute approximate surface area is 405 Å². The van der Waals surface area contributed by atoms with Crippen molar-refractivity contribution < 1.29 is 44.2 Å². The van der Waals surface area contributed by atoms with E-state index in [9.17, 15) is 25.2 Å². The molecule has 0 radical (unpaired) electrons. The molecule has 0 aromatic heterocycles. The highest BCUT2D eigenvalue weighted by molar-refractivity contribution is 5.69. The molecule has 0 aliphatic carbocycles. The monoisotopic (exact) mass is 933 g/mol. The number of aliphatic hydroxyl groups is 4. The molecule has 0 aromatic carbocycles. The highest BCUT2D eigenvalue weighted by Gasteiger charge is 2.44. The predicted octanol–water partition coefficient (Wildman–Crippen LogP) is 14.0. The molecule has 4 N–H and O–H groups in total. The lowest BCUT2D eigenvalue weighted by atomic mass is 9.99. The SMILES string of the molecule is CC/C=C\C/C=C\C/C=C\C/C=C\CCCCCCCCCOCC(COC1OC(CO)C(O)C(O)C1O)OC(=O)CCCCCCCCCCCCCCCCCCCCCCCCC. The maximum atomic E-state index is 12.9. The van der Waals surface area contributed by atoms with Crippen LogP contribution in [0, 0.1) is 0 Å². The van der Waals surface area contributed by atoms with Crippen LogP contribution < -0.4 is 0 Å². The molecule has 1 fully saturated rings. The van der Waals surface area contributed by atoms with Gasteiger partial charge in [0.25, 0.3) is 0 Å². The fraction of sp³-hybridized carbons (Fsp3) is 0.842. The molecule has 0 bridgehead atoms. The fourth-order valence-electron chi connectivity index (χ4n) is 8.49. The van der Waals surface area contributed by atoms with Crippen LogP contribution in [0.15, 0.2) is 48.6 Å². The summed E-state index contributed by atoms with van der Waals surface area (Å²) in [6, 6.07) is 0. The second-order valence-electron chi connectivity index (χ2n) is 19.0. The van der Waals surface area contributed by atoms with Crippen molar-refractivity contribution in [2.75, 3.05) is 26.4 Å². The Kier molecular flexibility index (Phi) is 45.4. The van der Waals surface area contributed by atoms with Gasteiger partial charge in [-0.15, -0.1) is 0 Å². The zero-order valence-corrected chi connectivity index (χ0v) is 42.7. The van der Waals surface area contributed by atoms with E-state index in [1.807, 2.05) is 0 Å². The summed E-state index contributed by atoms with van der Waals surface area (Å²) in [6.45, 7) is 4.46. The van der Waals surface area contributed by atoms with E-state index in [1.54, 1.807) is 0 Å². The molecule has 0 saturated carbocycles. The van der Waals surface area contributed by atoms with E-state index < -0.39 is 43.4 Å². The second-order valence-corrected chi connectivity index (χ2v) is 19.0. The Morgan fingerprint density at radius 3 is 1.39 bits per heavy atom. The van der Waals surface area contributed by atoms with Crippen molar-refractivity contribution in [2.45, 2.75) is 282 Å². The molecule has 6 atom stereocenters. The minimum absolute atomic E-state index is 0.116. The number of unbranched alkanes of at least 4 members (excludes halogenated alkanes) is 29. The zero-order valence-electron chi connectivity index (χ0n) is 42.7. The number of hydrogen-bond acceptors (Lipinski definition) is 9. The molecule has 0 spiro atoms. The van der Waals surface area contributed by atoms with Crippen LogP contribution in [-0.2, 0) is 23.7 Å². The van der Waals surface area contributed by atoms with Crippen LogP contribution in [0.3, 0.4) is 0 Å². The van der Waals surface area contributed by atoms with Crippen molar-refractivity contribution in [3.63, 3.8) is 0 Å². The predicted molar refractivity (Wildman–Crippen MR) is 275 cm³/mol. The Hall–Kier alpha value is -1.85. The summed E-state index contributed by atoms with van der Waals surface area (Å²) in [7, 11) is 0. The fourth-order valence-corrected chi connectivity index (χ4v) is 8.49. The minimum atomic E-state index is -1.54. The first-order valence-corrected chi connectivity index (χ1v) is 27.7. The quantitative estimate of drug-likeness (QED) is 0.0267. The Balaban J connectivity index is 2.17. The highest BCUT2D eigenvalue weighted by atomic mass is 16.7. The summed E-state index contributed by atoms with van der Waals surface area (Å²) in [6.07, 6.45) is 54.4. The average molecular weight is 933 g/mol. The van der Waals surface area contributed by atoms with Gasteiger partial charge < -0.3 is 39.4 Å². The van der Waals surface area contributed by atoms with E-state index >= 15 is 0 Å². The number of aliphatic hydroxyl groups excluding tert-OH is 4. The molecule has 386 valence electrons. The van der Waals surface area contributed by atoms with E-state index in [1.165, 1.54) is 154 Å². The van der Waals surface area contributed by atoms with Gasteiger partial charge in [0.2, 0.25) is 0 Å². The standard InChI is InChI=1S/C57H104O9/c1-3-5-7-9-11-13-15-17-19-21-23-25-26-27-28-30-32-34-36-38-40-42-44-46-53(59)65-51(50-64-57-56(62)55(61)54(60)52(48-58)66-57)49-63-47-45-43-41-39-37-35-33-31-29-24-22-20-18-16-14-12-10-8-6-4-2/h6,8,12,14,18,20,24,29,51-52,54-58,60-62H,3-5,7,9-11,13,15-17,19,21-23,25-28,30-50H2,1-2H3/b8-6-,14-12-,20-18-,29-24-. The van der Waals surface area contributed by atoms with Crippen LogP contribution in [0.5, 0.6) is 0 Å². The number of allylic oxidation sites excluding steroid dienone is 8. The summed E-state index contributed by atoms with van der Waals surface area (Å²) in [5.74, 6) is -0.313. The van der Waals surface area contributed by atoms with Gasteiger partial charge in [0.15, 0.2) is 6.29 Å². The molecule has 1 heterocycles. The minimum Gasteiger partial charge on any atom is -0.457 e. The molecule has 1 rings (SSSR count). The Bertz CT molecular complexity index is 1150. The molecule has 66 heavy (non-hydrogen) atoms. The summed E-state index contributed by atoms with van der Waals surface area (Å²) < 4.78 is 22.9. The zero-order chi connectivity index (χ0) is 47.8. The number of esters is 1. The second kappa shape index (κ2) is 48.2. The Morgan fingerprint density at radius 1 is 0.500 bits per heavy atom. The lowest BCUT2D eigenvalue weighted by molar-refractivity contribution is -0.305. The summed E-state index contributed by atoms with van der Waals surface area (Å²) >= 11 is 0. The molecule has 1 aliphatic rings. The van der Waals surface area contributed by atoms with Crippen molar-refractivity contribution >= 4 is 5.97 Å². The summed E-state index contributed by atoms with van der Waals surface area (Å²) in [5.41, 5.74) is 0. The van der Waals surface area contributed by atoms with Crippen LogP contribution in [0.4, 0.5) is 0 Å². The maximum absolute atomic E-state index is 12.9. The van der Waals surface area contributed by atoms with E-state index in [4.69, 9.17) is 18.9 Å². The van der Waals surface area contributed by atoms with Gasteiger partial charge in [-0.3, -0.25) is 4.79 Å². The molecule has 0 aromatic rings. The van der Waals surface area contributed by atoms with Crippen LogP contribution >= 0.6 is 0 Å². The molecule has 1 saturated heterocycles. The van der Waals surface area contributed by atoms with Crippen molar-refractivity contribution in [3.05, 3.63) is 48.6 Å². The van der Waals surface area contributed by atoms with Gasteiger partial charge >= 0.3 is 5.97 Å². The third-order valence-electron chi connectivity index (χ3n) is 12.8. The molecule has 1 aliphatic heterocycles. The van der Waals surface area contributed by atoms with Crippen molar-refractivity contribution in [1.29, 1.82) is 0 Å². The van der Waals surface area contributed by atoms with Gasteiger partial charge in [-0.2, -0.15) is 0 Å². The van der Waals surface area contributed by atoms with Gasteiger partial charge in [0.1, 0.15) is 30.5 Å². The van der Waals surface area contributed by atoms with Crippen molar-refractivity contribution in [1.82, 2.24) is 0 Å². The van der Waals surface area contributed by atoms with Crippen LogP contribution in [0.25, 0.3) is 0 Å². The molecule has 9 nitrogen and oxygen atoms in total. The van der Waals surface area contributed by atoms with Crippen LogP contribution in [0.2, 0.25) is 0 Å². The first kappa shape index (κ1) is 62.2. The first-order valence-electron chi connectivity index (χ1n) is 27.7. The summed E-state index contributed by atoms with van der Waals surface area (Å²) in [4.78, 5) is 12.9. The number of hydrogen-bond donors (Lipinski definition) is 4. The summed E-state index contributed by atoms with van der Waals surface area (Å²) in [5, 5.41) is 40.3. The topological polar surface area (TPSA) is 135 Å². The number of carbonyl (C=O) groups is 1. The van der Waals surface area contributed by atoms with Gasteiger partial charge in [-0.05, 0) is 51.4 Å². The van der Waals surface area contributed by atoms with Crippen molar-refractivity contribution in [3.8, 4) is 0 Å². The first-order chi connectivity index (χ1) is 32.4. The largest absolute Gasteiger partial charge is 0.457 e. The molecular formula is C57H104O9. The maximum Gasteiger partial charge on any atom is 0.306 e. The van der Waals surface area contributed by atoms with E-state index in [-0.39, 0.29) is 19.2 Å². The number of ether oxygens (including phenoxy) is 4. The number of carbonyl (C=O) groups excluding carboxylic acids is 1. The smallest absolute Gasteiger partial charge is 0.306 e. The molecule has 0 amide bonds. The Morgan fingerprint density at radius 2 is 0.924 bits per heavy atom. The molecular weight excluding hydrogens is 829 g/mol. The average Bonchev–Trinajstić information content (AvgIpc) is 3.32. The van der Waals surface area contributed by atoms with Crippen molar-refractivity contribution in [2.24, 2.45) is 0 Å². The normalized spacial score (nSPS) is 19.6. The molecule has 6 unspecified atom stereocenters. The molecule has 9 heteroatoms. The highest BCUT2D eigenvalue weighted by Crippen LogP contribution is 2.23. The van der Waals surface area contributed by atoms with E-state index in [2.05, 4.69) is 62.5 Å². The van der Waals surface area contributed by atoms with Gasteiger partial charge in [-0.1, -0.05) is 236 Å². The third-order valence-corrected chi connectivity index (χ3v) is 12.8. The lowest BCUT2D eigenvalue weighted by Gasteiger charge is -2.39. The van der Waals surface area contributed by atoms with Gasteiger partial charge in [-0.25, -0.2) is 0 Å². The van der Waals surface area contributed by atoms with E-state index in [0.717, 1.165) is 70.6 Å². The lowest BCUT2D eigenvalue weighted by Crippen LogP contribution is -2.59. The van der Waals surface area contributed by atoms with Crippen LogP contribution in [0.1, 0.15) is 245 Å². The van der Waals surface area contributed by atoms with Gasteiger partial charge in [0, 0.05) is 13.0 Å². The third kappa shape index (κ3) is 38.1.